The van der Waals surface area contributed by atoms with E-state index in [1.165, 1.54) is 17.7 Å². The summed E-state index contributed by atoms with van der Waals surface area (Å²) in [5.41, 5.74) is 1.35. The van der Waals surface area contributed by atoms with E-state index in [-0.39, 0.29) is 0 Å². The van der Waals surface area contributed by atoms with Gasteiger partial charge in [-0.1, -0.05) is 19.9 Å². The Labute approximate surface area is 111 Å². The lowest BCUT2D eigenvalue weighted by Crippen LogP contribution is -1.91. The van der Waals surface area contributed by atoms with Crippen molar-refractivity contribution in [3.05, 3.63) is 28.2 Å². The number of rotatable bonds is 6. The lowest BCUT2D eigenvalue weighted by molar-refractivity contribution is 0.412. The van der Waals surface area contributed by atoms with Crippen LogP contribution in [0, 0.1) is 5.92 Å². The Bertz CT molecular complexity index is 326. The van der Waals surface area contributed by atoms with Crippen LogP contribution in [0.2, 0.25) is 0 Å². The number of ether oxygens (including phenoxy) is 1. The van der Waals surface area contributed by atoms with Crippen molar-refractivity contribution < 1.29 is 4.74 Å². The van der Waals surface area contributed by atoms with Crippen molar-refractivity contribution in [2.75, 3.05) is 12.9 Å². The van der Waals surface area contributed by atoms with Crippen LogP contribution in [0.1, 0.15) is 25.8 Å². The number of benzene rings is 1. The first-order valence-electron chi connectivity index (χ1n) is 5.53. The van der Waals surface area contributed by atoms with Crippen LogP contribution in [-0.4, -0.2) is 12.9 Å². The zero-order valence-electron chi connectivity index (χ0n) is 10.1. The fraction of sp³-hybridized carbons (Fsp3) is 0.538. The summed E-state index contributed by atoms with van der Waals surface area (Å²) in [5, 5.41) is 0. The molecule has 90 valence electrons. The smallest absolute Gasteiger partial charge is 0.133 e. The van der Waals surface area contributed by atoms with Gasteiger partial charge < -0.3 is 4.74 Å². The summed E-state index contributed by atoms with van der Waals surface area (Å²) in [5.74, 6) is 4.02. The van der Waals surface area contributed by atoms with Crippen molar-refractivity contribution in [2.24, 2.45) is 5.92 Å². The average molecular weight is 303 g/mol. The Morgan fingerprint density at radius 3 is 2.69 bits per heavy atom. The molecule has 0 radical (unpaired) electrons. The Balaban J connectivity index is 2.40. The molecule has 3 heteroatoms. The molecule has 16 heavy (non-hydrogen) atoms. The first kappa shape index (κ1) is 13.9. The molecule has 0 aliphatic heterocycles. The fourth-order valence-corrected chi connectivity index (χ4v) is 3.09. The van der Waals surface area contributed by atoms with Gasteiger partial charge >= 0.3 is 0 Å². The van der Waals surface area contributed by atoms with E-state index >= 15 is 0 Å². The zero-order valence-corrected chi connectivity index (χ0v) is 12.5. The summed E-state index contributed by atoms with van der Waals surface area (Å²) < 4.78 is 6.24. The predicted octanol–water partition coefficient (Wildman–Crippen LogP) is 4.74. The van der Waals surface area contributed by atoms with Crippen LogP contribution >= 0.6 is 27.7 Å². The maximum absolute atomic E-state index is 5.20. The molecule has 0 atom stereocenters. The van der Waals surface area contributed by atoms with Gasteiger partial charge in [0.25, 0.3) is 0 Å². The molecule has 1 aromatic carbocycles. The zero-order chi connectivity index (χ0) is 12.0. The van der Waals surface area contributed by atoms with Gasteiger partial charge in [-0.2, -0.15) is 11.8 Å². The highest BCUT2D eigenvalue weighted by molar-refractivity contribution is 9.10. The summed E-state index contributed by atoms with van der Waals surface area (Å²) in [6, 6.07) is 6.29. The molecule has 0 spiro atoms. The van der Waals surface area contributed by atoms with E-state index in [9.17, 15) is 0 Å². The maximum Gasteiger partial charge on any atom is 0.133 e. The molecular weight excluding hydrogens is 284 g/mol. The lowest BCUT2D eigenvalue weighted by Gasteiger charge is -2.07. The summed E-state index contributed by atoms with van der Waals surface area (Å²) >= 11 is 5.50. The fourth-order valence-electron chi connectivity index (χ4n) is 1.31. The molecule has 1 nitrogen and oxygen atoms in total. The van der Waals surface area contributed by atoms with E-state index < -0.39 is 0 Å². The van der Waals surface area contributed by atoms with Crippen LogP contribution in [-0.2, 0) is 5.75 Å². The second-order valence-electron chi connectivity index (χ2n) is 4.20. The average Bonchev–Trinajstić information content (AvgIpc) is 2.24. The Morgan fingerprint density at radius 2 is 2.12 bits per heavy atom. The van der Waals surface area contributed by atoms with E-state index in [0.29, 0.717) is 0 Å². The van der Waals surface area contributed by atoms with E-state index in [1.54, 1.807) is 7.11 Å². The van der Waals surface area contributed by atoms with Gasteiger partial charge in [-0.25, -0.2) is 0 Å². The van der Waals surface area contributed by atoms with Crippen LogP contribution < -0.4 is 4.74 Å². The minimum Gasteiger partial charge on any atom is -0.496 e. The SMILES string of the molecule is COc1ccc(CSCCC(C)C)cc1Br. The molecule has 0 aromatic heterocycles. The molecule has 0 unspecified atom stereocenters. The highest BCUT2D eigenvalue weighted by Crippen LogP contribution is 2.27. The highest BCUT2D eigenvalue weighted by atomic mass is 79.9. The molecule has 0 aliphatic carbocycles. The second kappa shape index (κ2) is 7.23. The largest absolute Gasteiger partial charge is 0.496 e. The van der Waals surface area contributed by atoms with Gasteiger partial charge in [0, 0.05) is 5.75 Å². The highest BCUT2D eigenvalue weighted by Gasteiger charge is 2.01. The first-order valence-corrected chi connectivity index (χ1v) is 7.48. The van der Waals surface area contributed by atoms with Crippen LogP contribution in [0.15, 0.2) is 22.7 Å². The van der Waals surface area contributed by atoms with Crippen molar-refractivity contribution in [3.8, 4) is 5.75 Å². The summed E-state index contributed by atoms with van der Waals surface area (Å²) in [6.45, 7) is 4.54. The topological polar surface area (TPSA) is 9.23 Å². The maximum atomic E-state index is 5.20. The predicted molar refractivity (Wildman–Crippen MR) is 76.3 cm³/mol. The molecule has 0 saturated carbocycles. The Kier molecular flexibility index (Phi) is 6.29. The summed E-state index contributed by atoms with van der Waals surface area (Å²) in [4.78, 5) is 0. The molecule has 1 aromatic rings. The third-order valence-electron chi connectivity index (χ3n) is 2.32. The number of hydrogen-bond acceptors (Lipinski definition) is 2. The second-order valence-corrected chi connectivity index (χ2v) is 6.16. The third kappa shape index (κ3) is 4.79. The minimum absolute atomic E-state index is 0.801. The standard InChI is InChI=1S/C13H19BrOS/c1-10(2)6-7-16-9-11-4-5-13(15-3)12(14)8-11/h4-5,8,10H,6-7,9H2,1-3H3. The van der Waals surface area contributed by atoms with E-state index in [0.717, 1.165) is 21.9 Å². The van der Waals surface area contributed by atoms with Gasteiger partial charge in [0.2, 0.25) is 0 Å². The van der Waals surface area contributed by atoms with Gasteiger partial charge in [0.1, 0.15) is 5.75 Å². The summed E-state index contributed by atoms with van der Waals surface area (Å²) in [7, 11) is 1.69. The monoisotopic (exact) mass is 302 g/mol. The number of thioether (sulfide) groups is 1. The molecule has 0 N–H and O–H groups in total. The van der Waals surface area contributed by atoms with E-state index in [2.05, 4.69) is 41.9 Å². The van der Waals surface area contributed by atoms with Crippen molar-refractivity contribution in [2.45, 2.75) is 26.0 Å². The first-order chi connectivity index (χ1) is 7.63. The Hall–Kier alpha value is -0.150. The van der Waals surface area contributed by atoms with Crippen molar-refractivity contribution in [3.63, 3.8) is 0 Å². The van der Waals surface area contributed by atoms with Crippen LogP contribution in [0.4, 0.5) is 0 Å². The van der Waals surface area contributed by atoms with E-state index in [1.807, 2.05) is 17.8 Å². The van der Waals surface area contributed by atoms with Crippen molar-refractivity contribution in [1.82, 2.24) is 0 Å². The third-order valence-corrected chi connectivity index (χ3v) is 4.01. The molecule has 0 amide bonds. The quantitative estimate of drug-likeness (QED) is 0.702. The normalized spacial score (nSPS) is 10.8. The molecule has 0 aliphatic rings. The molecule has 0 heterocycles. The van der Waals surface area contributed by atoms with Gasteiger partial charge in [-0.3, -0.25) is 0 Å². The van der Waals surface area contributed by atoms with Crippen LogP contribution in [0.5, 0.6) is 5.75 Å². The van der Waals surface area contributed by atoms with Gasteiger partial charge in [-0.05, 0) is 51.7 Å². The molecule has 0 saturated heterocycles. The van der Waals surface area contributed by atoms with Crippen molar-refractivity contribution >= 4 is 27.7 Å². The van der Waals surface area contributed by atoms with Crippen LogP contribution in [0.25, 0.3) is 0 Å². The molecule has 0 fully saturated rings. The molecule has 1 rings (SSSR count). The Morgan fingerprint density at radius 1 is 1.38 bits per heavy atom. The lowest BCUT2D eigenvalue weighted by atomic mass is 10.2. The summed E-state index contributed by atoms with van der Waals surface area (Å²) in [6.07, 6.45) is 1.29. The molecule has 0 bridgehead atoms. The number of methoxy groups -OCH3 is 1. The number of hydrogen-bond donors (Lipinski definition) is 0. The number of halogens is 1. The van der Waals surface area contributed by atoms with Gasteiger partial charge in [0.15, 0.2) is 0 Å². The van der Waals surface area contributed by atoms with Gasteiger partial charge in [0.05, 0.1) is 11.6 Å². The molecular formula is C13H19BrOS. The van der Waals surface area contributed by atoms with Crippen molar-refractivity contribution in [1.29, 1.82) is 0 Å². The van der Waals surface area contributed by atoms with E-state index in [4.69, 9.17) is 4.74 Å². The van der Waals surface area contributed by atoms with Crippen LogP contribution in [0.3, 0.4) is 0 Å². The minimum atomic E-state index is 0.801. The van der Waals surface area contributed by atoms with Gasteiger partial charge in [-0.15, -0.1) is 0 Å².